The van der Waals surface area contributed by atoms with E-state index < -0.39 is 0 Å². The quantitative estimate of drug-likeness (QED) is 0.850. The van der Waals surface area contributed by atoms with Crippen LogP contribution in [0.25, 0.3) is 0 Å². The maximum absolute atomic E-state index is 12.5. The van der Waals surface area contributed by atoms with E-state index in [4.69, 9.17) is 4.74 Å². The molecule has 2 rings (SSSR count). The number of nitrogens with zero attached hydrogens (tertiary/aromatic N) is 3. The highest BCUT2D eigenvalue weighted by atomic mass is 16.5. The largest absolute Gasteiger partial charge is 0.480 e. The SMILES string of the molecule is COc1ncccc1C(=O)N(C)Cc1ccc(N(C)C)cc1. The first kappa shape index (κ1) is 15.8. The lowest BCUT2D eigenvalue weighted by Gasteiger charge is -2.19. The van der Waals surface area contributed by atoms with Crippen molar-refractivity contribution in [1.82, 2.24) is 9.88 Å². The number of carbonyl (C=O) groups is 1. The number of amides is 1. The number of methoxy groups -OCH3 is 1. The fourth-order valence-corrected chi connectivity index (χ4v) is 2.17. The molecule has 0 radical (unpaired) electrons. The Balaban J connectivity index is 2.11. The molecule has 0 aliphatic heterocycles. The van der Waals surface area contributed by atoms with E-state index in [2.05, 4.69) is 4.98 Å². The van der Waals surface area contributed by atoms with Crippen LogP contribution < -0.4 is 9.64 Å². The Kier molecular flexibility index (Phi) is 4.99. The molecular formula is C17H21N3O2. The molecule has 116 valence electrons. The highest BCUT2D eigenvalue weighted by molar-refractivity contribution is 5.96. The van der Waals surface area contributed by atoms with Crippen molar-refractivity contribution in [2.24, 2.45) is 0 Å². The summed E-state index contributed by atoms with van der Waals surface area (Å²) in [4.78, 5) is 20.3. The number of ether oxygens (including phenoxy) is 1. The van der Waals surface area contributed by atoms with Gasteiger partial charge in [0.15, 0.2) is 0 Å². The van der Waals surface area contributed by atoms with Gasteiger partial charge in [0.1, 0.15) is 5.56 Å². The molecule has 0 fully saturated rings. The number of rotatable bonds is 5. The van der Waals surface area contributed by atoms with Crippen LogP contribution in [0.4, 0.5) is 5.69 Å². The lowest BCUT2D eigenvalue weighted by molar-refractivity contribution is 0.0781. The zero-order valence-electron chi connectivity index (χ0n) is 13.4. The normalized spacial score (nSPS) is 10.2. The van der Waals surface area contributed by atoms with Crippen LogP contribution >= 0.6 is 0 Å². The average molecular weight is 299 g/mol. The molecule has 22 heavy (non-hydrogen) atoms. The molecular weight excluding hydrogens is 278 g/mol. The predicted octanol–water partition coefficient (Wildman–Crippen LogP) is 2.43. The van der Waals surface area contributed by atoms with E-state index in [0.717, 1.165) is 11.3 Å². The summed E-state index contributed by atoms with van der Waals surface area (Å²) in [5.74, 6) is 0.240. The summed E-state index contributed by atoms with van der Waals surface area (Å²) in [6.45, 7) is 0.532. The Bertz CT molecular complexity index is 639. The third-order valence-corrected chi connectivity index (χ3v) is 3.41. The van der Waals surface area contributed by atoms with E-state index in [-0.39, 0.29) is 5.91 Å². The zero-order valence-corrected chi connectivity index (χ0v) is 13.4. The van der Waals surface area contributed by atoms with Gasteiger partial charge < -0.3 is 14.5 Å². The summed E-state index contributed by atoms with van der Waals surface area (Å²) in [6, 6.07) is 11.6. The molecule has 0 saturated heterocycles. The molecule has 0 bridgehead atoms. The van der Waals surface area contributed by atoms with Crippen molar-refractivity contribution >= 4 is 11.6 Å². The van der Waals surface area contributed by atoms with Gasteiger partial charge in [0.2, 0.25) is 5.88 Å². The Labute approximate surface area is 131 Å². The standard InChI is InChI=1S/C17H21N3O2/c1-19(2)14-9-7-13(8-10-14)12-20(3)17(21)15-6-5-11-18-16(15)22-4/h5-11H,12H2,1-4H3. The van der Waals surface area contributed by atoms with Gasteiger partial charge in [0.05, 0.1) is 7.11 Å². The van der Waals surface area contributed by atoms with Crippen LogP contribution in [-0.2, 0) is 6.54 Å². The second-order valence-electron chi connectivity index (χ2n) is 5.28. The molecule has 5 nitrogen and oxygen atoms in total. The maximum Gasteiger partial charge on any atom is 0.259 e. The molecule has 2 aromatic rings. The number of benzene rings is 1. The van der Waals surface area contributed by atoms with Gasteiger partial charge in [-0.1, -0.05) is 12.1 Å². The molecule has 0 aliphatic carbocycles. The van der Waals surface area contributed by atoms with Crippen LogP contribution in [0.5, 0.6) is 5.88 Å². The first-order valence-electron chi connectivity index (χ1n) is 7.03. The van der Waals surface area contributed by atoms with Crippen molar-refractivity contribution in [2.75, 3.05) is 33.2 Å². The number of carbonyl (C=O) groups excluding carboxylic acids is 1. The summed E-state index contributed by atoms with van der Waals surface area (Å²) in [7, 11) is 7.28. The highest BCUT2D eigenvalue weighted by Crippen LogP contribution is 2.18. The van der Waals surface area contributed by atoms with Gasteiger partial charge in [0, 0.05) is 39.6 Å². The third kappa shape index (κ3) is 3.55. The molecule has 1 aromatic carbocycles. The molecule has 0 atom stereocenters. The van der Waals surface area contributed by atoms with E-state index in [1.165, 1.54) is 7.11 Å². The van der Waals surface area contributed by atoms with E-state index in [0.29, 0.717) is 18.0 Å². The number of hydrogen-bond donors (Lipinski definition) is 0. The minimum atomic E-state index is -0.110. The molecule has 0 N–H and O–H groups in total. The van der Waals surface area contributed by atoms with Crippen molar-refractivity contribution in [3.63, 3.8) is 0 Å². The van der Waals surface area contributed by atoms with Crippen molar-refractivity contribution in [3.8, 4) is 5.88 Å². The van der Waals surface area contributed by atoms with E-state index in [9.17, 15) is 4.79 Å². The summed E-state index contributed by atoms with van der Waals surface area (Å²) < 4.78 is 5.14. The Morgan fingerprint density at radius 3 is 2.41 bits per heavy atom. The summed E-state index contributed by atoms with van der Waals surface area (Å²) in [5, 5.41) is 0. The number of anilines is 1. The number of hydrogen-bond acceptors (Lipinski definition) is 4. The summed E-state index contributed by atoms with van der Waals surface area (Å²) in [5.41, 5.74) is 2.67. The van der Waals surface area contributed by atoms with Crippen LogP contribution in [0.15, 0.2) is 42.6 Å². The molecule has 0 aliphatic rings. The topological polar surface area (TPSA) is 45.7 Å². The summed E-state index contributed by atoms with van der Waals surface area (Å²) >= 11 is 0. The van der Waals surface area contributed by atoms with Crippen LogP contribution in [-0.4, -0.2) is 44.0 Å². The van der Waals surface area contributed by atoms with Gasteiger partial charge in [-0.3, -0.25) is 4.79 Å². The zero-order chi connectivity index (χ0) is 16.1. The van der Waals surface area contributed by atoms with Gasteiger partial charge in [-0.15, -0.1) is 0 Å². The lowest BCUT2D eigenvalue weighted by atomic mass is 10.1. The predicted molar refractivity (Wildman–Crippen MR) is 87.4 cm³/mol. The van der Waals surface area contributed by atoms with Gasteiger partial charge in [-0.25, -0.2) is 4.98 Å². The Morgan fingerprint density at radius 2 is 1.82 bits per heavy atom. The van der Waals surface area contributed by atoms with Gasteiger partial charge >= 0.3 is 0 Å². The van der Waals surface area contributed by atoms with Crippen molar-refractivity contribution < 1.29 is 9.53 Å². The van der Waals surface area contributed by atoms with Crippen LogP contribution in [0.1, 0.15) is 15.9 Å². The number of aromatic nitrogens is 1. The first-order valence-corrected chi connectivity index (χ1v) is 7.03. The van der Waals surface area contributed by atoms with Gasteiger partial charge in [-0.05, 0) is 29.8 Å². The van der Waals surface area contributed by atoms with E-state index in [1.54, 1.807) is 30.3 Å². The fraction of sp³-hybridized carbons (Fsp3) is 0.294. The minimum absolute atomic E-state index is 0.110. The van der Waals surface area contributed by atoms with Crippen molar-refractivity contribution in [1.29, 1.82) is 0 Å². The molecule has 1 heterocycles. The van der Waals surface area contributed by atoms with Crippen LogP contribution in [0.3, 0.4) is 0 Å². The van der Waals surface area contributed by atoms with Gasteiger partial charge in [-0.2, -0.15) is 0 Å². The van der Waals surface area contributed by atoms with E-state index >= 15 is 0 Å². The third-order valence-electron chi connectivity index (χ3n) is 3.41. The van der Waals surface area contributed by atoms with Crippen LogP contribution in [0, 0.1) is 0 Å². The summed E-state index contributed by atoms with van der Waals surface area (Å²) in [6.07, 6.45) is 1.61. The smallest absolute Gasteiger partial charge is 0.259 e. The van der Waals surface area contributed by atoms with Gasteiger partial charge in [0.25, 0.3) is 5.91 Å². The first-order chi connectivity index (χ1) is 10.5. The Hall–Kier alpha value is -2.56. The molecule has 0 spiro atoms. The molecule has 1 amide bonds. The molecule has 5 heteroatoms. The van der Waals surface area contributed by atoms with E-state index in [1.807, 2.05) is 43.3 Å². The van der Waals surface area contributed by atoms with Crippen molar-refractivity contribution in [3.05, 3.63) is 53.7 Å². The minimum Gasteiger partial charge on any atom is -0.480 e. The average Bonchev–Trinajstić information content (AvgIpc) is 2.54. The highest BCUT2D eigenvalue weighted by Gasteiger charge is 2.17. The number of pyridine rings is 1. The molecule has 0 unspecified atom stereocenters. The second-order valence-corrected chi connectivity index (χ2v) is 5.28. The molecule has 0 saturated carbocycles. The lowest BCUT2D eigenvalue weighted by Crippen LogP contribution is -2.26. The fourth-order valence-electron chi connectivity index (χ4n) is 2.17. The monoisotopic (exact) mass is 299 g/mol. The maximum atomic E-state index is 12.5. The second kappa shape index (κ2) is 6.93. The van der Waals surface area contributed by atoms with Crippen molar-refractivity contribution in [2.45, 2.75) is 6.54 Å². The van der Waals surface area contributed by atoms with Crippen LogP contribution in [0.2, 0.25) is 0 Å². The Morgan fingerprint density at radius 1 is 1.14 bits per heavy atom. The molecule has 1 aromatic heterocycles.